The lowest BCUT2D eigenvalue weighted by molar-refractivity contribution is 0.942. The van der Waals surface area contributed by atoms with Gasteiger partial charge in [0.05, 0.1) is 0 Å². The normalized spacial score (nSPS) is 10.4. The Labute approximate surface area is 78.9 Å². The molecule has 6 N–H and O–H groups in total. The lowest BCUT2D eigenvalue weighted by Gasteiger charge is -2.12. The Hall–Kier alpha value is -1.06. The van der Waals surface area contributed by atoms with Crippen molar-refractivity contribution in [3.63, 3.8) is 0 Å². The molecule has 0 unspecified atom stereocenters. The third-order valence-corrected chi connectivity index (χ3v) is 2.26. The topological polar surface area (TPSA) is 78.1 Å². The van der Waals surface area contributed by atoms with Gasteiger partial charge in [0.15, 0.2) is 0 Å². The van der Waals surface area contributed by atoms with Gasteiger partial charge in [-0.25, -0.2) is 0 Å². The summed E-state index contributed by atoms with van der Waals surface area (Å²) in [4.78, 5) is 0. The number of nitrogens with two attached hydrogens (primary N) is 3. The first-order chi connectivity index (χ1) is 6.22. The van der Waals surface area contributed by atoms with Crippen LogP contribution in [0.25, 0.3) is 0 Å². The molecule has 0 atom stereocenters. The standard InChI is InChI=1S/C10H17N3/c1-2-7-3-9(13)4-8(5-11)10(7)6-12/h3-4H,2,5-6,11-13H2,1H3. The average Bonchev–Trinajstić information content (AvgIpc) is 2.16. The van der Waals surface area contributed by atoms with Crippen molar-refractivity contribution in [2.75, 3.05) is 5.73 Å². The lowest BCUT2D eigenvalue weighted by Crippen LogP contribution is -2.10. The monoisotopic (exact) mass is 179 g/mol. The summed E-state index contributed by atoms with van der Waals surface area (Å²) in [6.45, 7) is 3.13. The van der Waals surface area contributed by atoms with E-state index in [0.717, 1.165) is 23.2 Å². The van der Waals surface area contributed by atoms with Crippen molar-refractivity contribution in [2.24, 2.45) is 11.5 Å². The van der Waals surface area contributed by atoms with Crippen LogP contribution < -0.4 is 17.2 Å². The van der Waals surface area contributed by atoms with Crippen LogP contribution in [0.1, 0.15) is 23.6 Å². The average molecular weight is 179 g/mol. The fraction of sp³-hybridized carbons (Fsp3) is 0.400. The van der Waals surface area contributed by atoms with Crippen LogP contribution in [0, 0.1) is 0 Å². The maximum absolute atomic E-state index is 5.74. The third-order valence-electron chi connectivity index (χ3n) is 2.26. The minimum atomic E-state index is 0.505. The van der Waals surface area contributed by atoms with E-state index in [4.69, 9.17) is 17.2 Å². The first-order valence-electron chi connectivity index (χ1n) is 4.53. The van der Waals surface area contributed by atoms with E-state index in [1.165, 1.54) is 5.56 Å². The summed E-state index contributed by atoms with van der Waals surface area (Å²) >= 11 is 0. The minimum Gasteiger partial charge on any atom is -0.399 e. The number of nitrogen functional groups attached to an aromatic ring is 1. The molecule has 1 aromatic carbocycles. The van der Waals surface area contributed by atoms with Gasteiger partial charge in [-0.2, -0.15) is 0 Å². The molecule has 3 heteroatoms. The largest absolute Gasteiger partial charge is 0.399 e. The van der Waals surface area contributed by atoms with Crippen molar-refractivity contribution in [2.45, 2.75) is 26.4 Å². The van der Waals surface area contributed by atoms with Gasteiger partial charge in [-0.3, -0.25) is 0 Å². The maximum atomic E-state index is 5.74. The van der Waals surface area contributed by atoms with Gasteiger partial charge < -0.3 is 17.2 Å². The molecule has 0 bridgehead atoms. The van der Waals surface area contributed by atoms with Crippen molar-refractivity contribution in [3.8, 4) is 0 Å². The molecule has 0 aromatic heterocycles. The molecule has 0 aliphatic heterocycles. The maximum Gasteiger partial charge on any atom is 0.0320 e. The molecule has 0 radical (unpaired) electrons. The second-order valence-electron chi connectivity index (χ2n) is 3.08. The van der Waals surface area contributed by atoms with Crippen LogP contribution in [0.2, 0.25) is 0 Å². The van der Waals surface area contributed by atoms with Crippen molar-refractivity contribution in [1.29, 1.82) is 0 Å². The van der Waals surface area contributed by atoms with E-state index < -0.39 is 0 Å². The van der Waals surface area contributed by atoms with E-state index in [0.29, 0.717) is 13.1 Å². The lowest BCUT2D eigenvalue weighted by atomic mass is 9.98. The molecule has 0 saturated carbocycles. The van der Waals surface area contributed by atoms with E-state index in [1.54, 1.807) is 0 Å². The Morgan fingerprint density at radius 1 is 1.08 bits per heavy atom. The molecule has 0 aliphatic carbocycles. The summed E-state index contributed by atoms with van der Waals surface area (Å²) in [5.74, 6) is 0. The van der Waals surface area contributed by atoms with Crippen molar-refractivity contribution < 1.29 is 0 Å². The first kappa shape index (κ1) is 10.0. The molecule has 13 heavy (non-hydrogen) atoms. The fourth-order valence-corrected chi connectivity index (χ4v) is 1.58. The molecule has 1 rings (SSSR count). The highest BCUT2D eigenvalue weighted by atomic mass is 14.6. The van der Waals surface area contributed by atoms with E-state index in [1.807, 2.05) is 12.1 Å². The van der Waals surface area contributed by atoms with Crippen LogP contribution in [0.4, 0.5) is 5.69 Å². The third kappa shape index (κ3) is 1.99. The summed E-state index contributed by atoms with van der Waals surface area (Å²) in [6, 6.07) is 3.88. The number of hydrogen-bond donors (Lipinski definition) is 3. The number of aryl methyl sites for hydroxylation is 1. The van der Waals surface area contributed by atoms with Gasteiger partial charge in [-0.05, 0) is 35.2 Å². The first-order valence-corrected chi connectivity index (χ1v) is 4.53. The molecule has 3 nitrogen and oxygen atoms in total. The van der Waals surface area contributed by atoms with Crippen LogP contribution in [-0.4, -0.2) is 0 Å². The van der Waals surface area contributed by atoms with Gasteiger partial charge in [-0.15, -0.1) is 0 Å². The SMILES string of the molecule is CCc1cc(N)cc(CN)c1CN. The Morgan fingerprint density at radius 2 is 1.69 bits per heavy atom. The second kappa shape index (κ2) is 4.25. The van der Waals surface area contributed by atoms with Gasteiger partial charge in [-0.1, -0.05) is 6.92 Å². The fourth-order valence-electron chi connectivity index (χ4n) is 1.58. The van der Waals surface area contributed by atoms with Crippen LogP contribution in [0.5, 0.6) is 0 Å². The molecule has 0 spiro atoms. The van der Waals surface area contributed by atoms with Gasteiger partial charge >= 0.3 is 0 Å². The van der Waals surface area contributed by atoms with Crippen molar-refractivity contribution >= 4 is 5.69 Å². The summed E-state index contributed by atoms with van der Waals surface area (Å²) in [5.41, 5.74) is 21.2. The van der Waals surface area contributed by atoms with Crippen LogP contribution in [0.15, 0.2) is 12.1 Å². The van der Waals surface area contributed by atoms with Gasteiger partial charge in [0.1, 0.15) is 0 Å². The Kier molecular flexibility index (Phi) is 3.28. The highest BCUT2D eigenvalue weighted by Crippen LogP contribution is 2.19. The number of benzene rings is 1. The number of rotatable bonds is 3. The molecule has 0 amide bonds. The predicted molar refractivity (Wildman–Crippen MR) is 56.0 cm³/mol. The van der Waals surface area contributed by atoms with E-state index in [9.17, 15) is 0 Å². The predicted octanol–water partition coefficient (Wildman–Crippen LogP) is 0.749. The number of hydrogen-bond acceptors (Lipinski definition) is 3. The van der Waals surface area contributed by atoms with Crippen molar-refractivity contribution in [3.05, 3.63) is 28.8 Å². The summed E-state index contributed by atoms with van der Waals surface area (Å²) in [7, 11) is 0. The molecule has 0 fully saturated rings. The zero-order chi connectivity index (χ0) is 9.84. The molecule has 1 aromatic rings. The van der Waals surface area contributed by atoms with E-state index in [-0.39, 0.29) is 0 Å². The van der Waals surface area contributed by atoms with Crippen molar-refractivity contribution in [1.82, 2.24) is 0 Å². The Morgan fingerprint density at radius 3 is 2.15 bits per heavy atom. The van der Waals surface area contributed by atoms with Gasteiger partial charge in [0, 0.05) is 18.8 Å². The zero-order valence-electron chi connectivity index (χ0n) is 8.01. The highest BCUT2D eigenvalue weighted by Gasteiger charge is 2.05. The second-order valence-corrected chi connectivity index (χ2v) is 3.08. The van der Waals surface area contributed by atoms with Crippen LogP contribution in [0.3, 0.4) is 0 Å². The molecule has 0 aliphatic rings. The number of anilines is 1. The highest BCUT2D eigenvalue weighted by molar-refractivity contribution is 5.49. The minimum absolute atomic E-state index is 0.505. The molecule has 0 heterocycles. The van der Waals surface area contributed by atoms with E-state index >= 15 is 0 Å². The molecule has 0 saturated heterocycles. The quantitative estimate of drug-likeness (QED) is 0.599. The molecular weight excluding hydrogens is 162 g/mol. The Balaban J connectivity index is 3.25. The summed E-state index contributed by atoms with van der Waals surface area (Å²) in [5, 5.41) is 0. The summed E-state index contributed by atoms with van der Waals surface area (Å²) < 4.78 is 0. The molecule has 72 valence electrons. The molecular formula is C10H17N3. The van der Waals surface area contributed by atoms with Gasteiger partial charge in [0.2, 0.25) is 0 Å². The Bertz CT molecular complexity index is 269. The summed E-state index contributed by atoms with van der Waals surface area (Å²) in [6.07, 6.45) is 0.949. The van der Waals surface area contributed by atoms with Gasteiger partial charge in [0.25, 0.3) is 0 Å². The van der Waals surface area contributed by atoms with Crippen LogP contribution in [-0.2, 0) is 19.5 Å². The van der Waals surface area contributed by atoms with Crippen LogP contribution >= 0.6 is 0 Å². The smallest absolute Gasteiger partial charge is 0.0320 e. The zero-order valence-corrected chi connectivity index (χ0v) is 8.01. The van der Waals surface area contributed by atoms with E-state index in [2.05, 4.69) is 6.92 Å².